The Bertz CT molecular complexity index is 608. The quantitative estimate of drug-likeness (QED) is 0.528. The summed E-state index contributed by atoms with van der Waals surface area (Å²) in [6.07, 6.45) is 0. The van der Waals surface area contributed by atoms with Crippen LogP contribution in [0.4, 0.5) is 0 Å². The van der Waals surface area contributed by atoms with E-state index in [0.29, 0.717) is 11.1 Å². The normalized spacial score (nSPS) is 17.7. The Morgan fingerprint density at radius 2 is 1.84 bits per heavy atom. The Labute approximate surface area is 114 Å². The second kappa shape index (κ2) is 4.56. The molecule has 4 nitrogen and oxygen atoms in total. The van der Waals surface area contributed by atoms with E-state index in [9.17, 15) is 10.2 Å². The van der Waals surface area contributed by atoms with Crippen molar-refractivity contribution < 1.29 is 14.9 Å². The largest absolute Gasteiger partial charge is 0.497 e. The van der Waals surface area contributed by atoms with Gasteiger partial charge in [0.15, 0.2) is 0 Å². The third-order valence-corrected chi connectivity index (χ3v) is 3.11. The molecule has 0 spiro atoms. The van der Waals surface area contributed by atoms with Gasteiger partial charge in [-0.1, -0.05) is 24.3 Å². The van der Waals surface area contributed by atoms with Crippen LogP contribution in [0.15, 0.2) is 36.4 Å². The number of ether oxygens (including phenoxy) is 1. The molecule has 19 heavy (non-hydrogen) atoms. The molecule has 0 aliphatic carbocycles. The third-order valence-electron chi connectivity index (χ3n) is 3.11. The third kappa shape index (κ3) is 2.34. The zero-order valence-corrected chi connectivity index (χ0v) is 10.5. The molecule has 4 N–H and O–H groups in total. The van der Waals surface area contributed by atoms with Gasteiger partial charge >= 0.3 is 0 Å². The molecule has 2 unspecified atom stereocenters. The molecule has 0 fully saturated rings. The number of aliphatic hydroxyl groups is 2. The van der Waals surface area contributed by atoms with Crippen molar-refractivity contribution in [2.45, 2.75) is 11.1 Å². The first-order valence-corrected chi connectivity index (χ1v) is 5.66. The highest BCUT2D eigenvalue weighted by molar-refractivity contribution is 6.25. The molecule has 2 rings (SSSR count). The molecule has 0 bridgehead atoms. The Morgan fingerprint density at radius 3 is 2.42 bits per heavy atom. The van der Waals surface area contributed by atoms with Gasteiger partial charge in [-0.15, -0.1) is 0 Å². The smallest absolute Gasteiger partial charge is 0.138 e. The molecule has 2 aromatic carbocycles. The highest BCUT2D eigenvalue weighted by Gasteiger charge is 2.39. The molecule has 0 saturated carbocycles. The van der Waals surface area contributed by atoms with E-state index in [1.165, 1.54) is 7.11 Å². The fourth-order valence-electron chi connectivity index (χ4n) is 1.93. The van der Waals surface area contributed by atoms with Gasteiger partial charge in [-0.3, -0.25) is 0 Å². The number of methoxy groups -OCH3 is 1. The number of fused-ring (bicyclic) bond motifs is 1. The Hall–Kier alpha value is -1.49. The maximum atomic E-state index is 10.2. The van der Waals surface area contributed by atoms with E-state index < -0.39 is 11.1 Å². The van der Waals surface area contributed by atoms with Crippen molar-refractivity contribution in [2.75, 3.05) is 7.11 Å². The van der Waals surface area contributed by atoms with E-state index in [4.69, 9.17) is 26.2 Å². The SMILES string of the molecule is [B]C(N)(O)C([B])(O)c1cccc2ccc(OC)cc12. The van der Waals surface area contributed by atoms with Gasteiger partial charge in [0.25, 0.3) is 0 Å². The monoisotopic (exact) mass is 253 g/mol. The highest BCUT2D eigenvalue weighted by Crippen LogP contribution is 2.33. The number of benzene rings is 2. The first-order chi connectivity index (χ1) is 8.77. The van der Waals surface area contributed by atoms with E-state index in [0.717, 1.165) is 5.39 Å². The first kappa shape index (κ1) is 13.9. The van der Waals surface area contributed by atoms with Gasteiger partial charge in [0.2, 0.25) is 0 Å². The van der Waals surface area contributed by atoms with Crippen LogP contribution in [0.25, 0.3) is 10.8 Å². The average Bonchev–Trinajstić information content (AvgIpc) is 2.35. The molecule has 0 amide bonds. The van der Waals surface area contributed by atoms with Gasteiger partial charge in [0, 0.05) is 0 Å². The van der Waals surface area contributed by atoms with E-state index in [-0.39, 0.29) is 5.56 Å². The van der Waals surface area contributed by atoms with Gasteiger partial charge in [-0.25, -0.2) is 0 Å². The standard InChI is InChI=1S/C13H13B2NO3/c1-19-9-6-5-8-3-2-4-11(10(8)7-9)12(14,17)13(15,16)18/h2-7,17-18H,16H2,1H3. The minimum absolute atomic E-state index is 0.219. The molecule has 6 heteroatoms. The maximum absolute atomic E-state index is 10.2. The van der Waals surface area contributed by atoms with Crippen molar-refractivity contribution in [3.8, 4) is 5.75 Å². The topological polar surface area (TPSA) is 75.7 Å². The van der Waals surface area contributed by atoms with E-state index in [1.807, 2.05) is 6.07 Å². The molecule has 4 radical (unpaired) electrons. The van der Waals surface area contributed by atoms with Crippen molar-refractivity contribution in [3.05, 3.63) is 42.0 Å². The minimum atomic E-state index is -2.47. The summed E-state index contributed by atoms with van der Waals surface area (Å²) in [5, 5.41) is 21.3. The second-order valence-corrected chi connectivity index (χ2v) is 4.48. The van der Waals surface area contributed by atoms with Crippen LogP contribution in [0.1, 0.15) is 5.56 Å². The number of hydrogen-bond donors (Lipinski definition) is 3. The number of nitrogens with two attached hydrogens (primary N) is 1. The summed E-state index contributed by atoms with van der Waals surface area (Å²) in [5.41, 5.74) is 0.792. The van der Waals surface area contributed by atoms with Crippen LogP contribution in [-0.2, 0) is 5.50 Å². The van der Waals surface area contributed by atoms with Crippen LogP contribution < -0.4 is 10.5 Å². The molecule has 0 aliphatic heterocycles. The van der Waals surface area contributed by atoms with Crippen LogP contribution in [0.2, 0.25) is 0 Å². The lowest BCUT2D eigenvalue weighted by molar-refractivity contribution is -0.0439. The van der Waals surface area contributed by atoms with Gasteiger partial charge in [0.1, 0.15) is 21.4 Å². The summed E-state index contributed by atoms with van der Waals surface area (Å²) >= 11 is 0. The van der Waals surface area contributed by atoms with Gasteiger partial charge in [-0.05, 0) is 28.5 Å². The minimum Gasteiger partial charge on any atom is -0.497 e. The van der Waals surface area contributed by atoms with E-state index in [1.54, 1.807) is 30.3 Å². The fourth-order valence-corrected chi connectivity index (χ4v) is 1.93. The van der Waals surface area contributed by atoms with Crippen LogP contribution >= 0.6 is 0 Å². The van der Waals surface area contributed by atoms with E-state index in [2.05, 4.69) is 0 Å². The molecule has 2 atom stereocenters. The molecule has 0 aromatic heterocycles. The highest BCUT2D eigenvalue weighted by atomic mass is 16.5. The van der Waals surface area contributed by atoms with Crippen LogP contribution in [-0.4, -0.2) is 38.6 Å². The van der Waals surface area contributed by atoms with Crippen LogP contribution in [0, 0.1) is 0 Å². The molecule has 0 saturated heterocycles. The second-order valence-electron chi connectivity index (χ2n) is 4.48. The number of rotatable bonds is 3. The Balaban J connectivity index is 2.73. The van der Waals surface area contributed by atoms with Crippen molar-refractivity contribution in [3.63, 3.8) is 0 Å². The number of hydrogen-bond acceptors (Lipinski definition) is 4. The summed E-state index contributed by atoms with van der Waals surface area (Å²) in [6, 6.07) is 10.3. The van der Waals surface area contributed by atoms with E-state index >= 15 is 0 Å². The molecule has 94 valence electrons. The molecule has 2 aromatic rings. The maximum Gasteiger partial charge on any atom is 0.138 e. The summed E-state index contributed by atoms with van der Waals surface area (Å²) in [4.78, 5) is 0. The Morgan fingerprint density at radius 1 is 1.16 bits per heavy atom. The summed E-state index contributed by atoms with van der Waals surface area (Å²) in [6.45, 7) is 0. The lowest BCUT2D eigenvalue weighted by Crippen LogP contribution is -2.59. The van der Waals surface area contributed by atoms with Gasteiger partial charge in [-0.2, -0.15) is 0 Å². The molecule has 0 aliphatic rings. The molecular weight excluding hydrogens is 240 g/mol. The first-order valence-electron chi connectivity index (χ1n) is 5.66. The van der Waals surface area contributed by atoms with Crippen molar-refractivity contribution in [2.24, 2.45) is 5.73 Å². The summed E-state index contributed by atoms with van der Waals surface area (Å²) in [5.74, 6) is 0.591. The van der Waals surface area contributed by atoms with Crippen LogP contribution in [0.3, 0.4) is 0 Å². The fraction of sp³-hybridized carbons (Fsp3) is 0.231. The zero-order valence-electron chi connectivity index (χ0n) is 10.5. The zero-order chi connectivity index (χ0) is 14.3. The van der Waals surface area contributed by atoms with Gasteiger partial charge < -0.3 is 20.7 Å². The van der Waals surface area contributed by atoms with Crippen LogP contribution in [0.5, 0.6) is 5.75 Å². The predicted molar refractivity (Wildman–Crippen MR) is 75.0 cm³/mol. The summed E-state index contributed by atoms with van der Waals surface area (Å²) < 4.78 is 5.13. The van der Waals surface area contributed by atoms with Crippen molar-refractivity contribution in [1.82, 2.24) is 0 Å². The molecular formula is C13H13B2NO3. The average molecular weight is 253 g/mol. The lowest BCUT2D eigenvalue weighted by Gasteiger charge is -2.38. The molecule has 0 heterocycles. The van der Waals surface area contributed by atoms with Crippen molar-refractivity contribution >= 4 is 26.5 Å². The van der Waals surface area contributed by atoms with Gasteiger partial charge in [0.05, 0.1) is 18.2 Å². The Kier molecular flexibility index (Phi) is 3.34. The lowest BCUT2D eigenvalue weighted by atomic mass is 9.60. The predicted octanol–water partition coefficient (Wildman–Crippen LogP) is -0.0647. The van der Waals surface area contributed by atoms with Crippen molar-refractivity contribution in [1.29, 1.82) is 0 Å². The summed E-state index contributed by atoms with van der Waals surface area (Å²) in [7, 11) is 12.5.